The number of carboxylic acids is 1. The van der Waals surface area contributed by atoms with Gasteiger partial charge in [0.25, 0.3) is 5.91 Å². The molecule has 0 aliphatic heterocycles. The molecule has 0 fully saturated rings. The lowest BCUT2D eigenvalue weighted by Gasteiger charge is -2.01. The molecule has 2 aromatic rings. The van der Waals surface area contributed by atoms with Crippen molar-refractivity contribution in [3.63, 3.8) is 0 Å². The van der Waals surface area contributed by atoms with Gasteiger partial charge in [0.15, 0.2) is 5.89 Å². The lowest BCUT2D eigenvalue weighted by atomic mass is 10.3. The number of rotatable bonds is 4. The van der Waals surface area contributed by atoms with Crippen LogP contribution in [0.15, 0.2) is 16.5 Å². The van der Waals surface area contributed by atoms with Crippen LogP contribution in [-0.4, -0.2) is 22.0 Å². The molecule has 0 aromatic carbocycles. The fourth-order valence-corrected chi connectivity index (χ4v) is 2.32. The Morgan fingerprint density at radius 3 is 2.58 bits per heavy atom. The third-order valence-corrected chi connectivity index (χ3v) is 3.52. The van der Waals surface area contributed by atoms with Gasteiger partial charge < -0.3 is 14.8 Å². The summed E-state index contributed by atoms with van der Waals surface area (Å²) in [6.45, 7) is 3.76. The second-order valence-electron chi connectivity index (χ2n) is 3.89. The molecule has 1 amide bonds. The molecule has 0 unspecified atom stereocenters. The standard InChI is InChI=1S/C12H12N2O4S/c1-6-8(18-7(2)14-6)5-13-11(15)9-3-4-10(19-9)12(16)17/h3-4H,5H2,1-2H3,(H,13,15)(H,16,17). The van der Waals surface area contributed by atoms with Crippen molar-refractivity contribution in [2.24, 2.45) is 0 Å². The van der Waals surface area contributed by atoms with Crippen LogP contribution in [0.1, 0.15) is 36.7 Å². The molecule has 0 aliphatic rings. The van der Waals surface area contributed by atoms with Crippen LogP contribution < -0.4 is 5.32 Å². The lowest BCUT2D eigenvalue weighted by molar-refractivity contribution is 0.0702. The summed E-state index contributed by atoms with van der Waals surface area (Å²) in [5.41, 5.74) is 0.732. The van der Waals surface area contributed by atoms with E-state index in [-0.39, 0.29) is 17.3 Å². The summed E-state index contributed by atoms with van der Waals surface area (Å²) in [4.78, 5) is 27.1. The van der Waals surface area contributed by atoms with E-state index in [1.807, 2.05) is 0 Å². The number of carbonyl (C=O) groups is 2. The number of hydrogen-bond donors (Lipinski definition) is 2. The summed E-state index contributed by atoms with van der Waals surface area (Å²) >= 11 is 0.936. The van der Waals surface area contributed by atoms with Crippen molar-refractivity contribution in [3.8, 4) is 0 Å². The highest BCUT2D eigenvalue weighted by atomic mass is 32.1. The van der Waals surface area contributed by atoms with Gasteiger partial charge in [-0.05, 0) is 19.1 Å². The van der Waals surface area contributed by atoms with E-state index in [4.69, 9.17) is 9.52 Å². The Bertz CT molecular complexity index is 629. The minimum Gasteiger partial charge on any atom is -0.477 e. The Morgan fingerprint density at radius 2 is 2.05 bits per heavy atom. The van der Waals surface area contributed by atoms with E-state index in [1.54, 1.807) is 13.8 Å². The highest BCUT2D eigenvalue weighted by Crippen LogP contribution is 2.16. The van der Waals surface area contributed by atoms with E-state index < -0.39 is 5.97 Å². The van der Waals surface area contributed by atoms with Crippen LogP contribution in [0, 0.1) is 13.8 Å². The number of nitrogens with one attached hydrogen (secondary N) is 1. The third kappa shape index (κ3) is 3.00. The van der Waals surface area contributed by atoms with Crippen LogP contribution in [-0.2, 0) is 6.54 Å². The SMILES string of the molecule is Cc1nc(C)c(CNC(=O)c2ccc(C(=O)O)s2)o1. The third-order valence-electron chi connectivity index (χ3n) is 2.45. The molecule has 0 saturated heterocycles. The first-order chi connectivity index (χ1) is 8.97. The Hall–Kier alpha value is -2.15. The van der Waals surface area contributed by atoms with Crippen molar-refractivity contribution in [3.05, 3.63) is 39.2 Å². The summed E-state index contributed by atoms with van der Waals surface area (Å²) in [5.74, 6) is -0.219. The first kappa shape index (κ1) is 13.3. The van der Waals surface area contributed by atoms with Gasteiger partial charge in [0.05, 0.1) is 17.1 Å². The van der Waals surface area contributed by atoms with Crippen LogP contribution in [0.2, 0.25) is 0 Å². The largest absolute Gasteiger partial charge is 0.477 e. The first-order valence-corrected chi connectivity index (χ1v) is 6.33. The quantitative estimate of drug-likeness (QED) is 0.893. The molecule has 6 nitrogen and oxygen atoms in total. The van der Waals surface area contributed by atoms with Gasteiger partial charge in [0, 0.05) is 6.92 Å². The van der Waals surface area contributed by atoms with Crippen molar-refractivity contribution in [1.29, 1.82) is 0 Å². The maximum absolute atomic E-state index is 11.8. The van der Waals surface area contributed by atoms with Crippen molar-refractivity contribution >= 4 is 23.2 Å². The van der Waals surface area contributed by atoms with Crippen molar-refractivity contribution in [2.75, 3.05) is 0 Å². The summed E-state index contributed by atoms with van der Waals surface area (Å²) in [6.07, 6.45) is 0. The number of aromatic carboxylic acids is 1. The lowest BCUT2D eigenvalue weighted by Crippen LogP contribution is -2.21. The van der Waals surface area contributed by atoms with Crippen molar-refractivity contribution in [2.45, 2.75) is 20.4 Å². The van der Waals surface area contributed by atoms with Crippen LogP contribution in [0.25, 0.3) is 0 Å². The highest BCUT2D eigenvalue weighted by molar-refractivity contribution is 7.15. The second-order valence-corrected chi connectivity index (χ2v) is 4.98. The maximum atomic E-state index is 11.8. The number of oxazole rings is 1. The summed E-state index contributed by atoms with van der Waals surface area (Å²) in [5, 5.41) is 11.4. The Morgan fingerprint density at radius 1 is 1.37 bits per heavy atom. The van der Waals surface area contributed by atoms with E-state index in [2.05, 4.69) is 10.3 Å². The summed E-state index contributed by atoms with van der Waals surface area (Å²) < 4.78 is 5.33. The molecule has 0 spiro atoms. The molecule has 0 aliphatic carbocycles. The van der Waals surface area contributed by atoms with E-state index in [9.17, 15) is 9.59 Å². The Labute approximate surface area is 113 Å². The topological polar surface area (TPSA) is 92.4 Å². The van der Waals surface area contributed by atoms with Gasteiger partial charge in [-0.1, -0.05) is 0 Å². The van der Waals surface area contributed by atoms with Crippen LogP contribution in [0.4, 0.5) is 0 Å². The minimum atomic E-state index is -1.04. The second kappa shape index (κ2) is 5.23. The van der Waals surface area contributed by atoms with Gasteiger partial charge >= 0.3 is 5.97 Å². The first-order valence-electron chi connectivity index (χ1n) is 5.51. The van der Waals surface area contributed by atoms with Crippen molar-refractivity contribution in [1.82, 2.24) is 10.3 Å². The molecule has 0 atom stereocenters. The number of amides is 1. The zero-order valence-electron chi connectivity index (χ0n) is 10.4. The smallest absolute Gasteiger partial charge is 0.345 e. The monoisotopic (exact) mass is 280 g/mol. The molecule has 2 rings (SSSR count). The molecular weight excluding hydrogens is 268 g/mol. The van der Waals surface area contributed by atoms with Crippen LogP contribution in [0.3, 0.4) is 0 Å². The zero-order chi connectivity index (χ0) is 14.0. The number of aromatic nitrogens is 1. The normalized spacial score (nSPS) is 10.4. The molecule has 19 heavy (non-hydrogen) atoms. The number of thiophene rings is 1. The highest BCUT2D eigenvalue weighted by Gasteiger charge is 2.14. The van der Waals surface area contributed by atoms with E-state index in [0.29, 0.717) is 16.5 Å². The summed E-state index contributed by atoms with van der Waals surface area (Å²) in [6, 6.07) is 2.90. The van der Waals surface area contributed by atoms with Gasteiger partial charge in [-0.15, -0.1) is 11.3 Å². The average Bonchev–Trinajstić information content (AvgIpc) is 2.93. The molecule has 0 bridgehead atoms. The van der Waals surface area contributed by atoms with Gasteiger partial charge in [-0.3, -0.25) is 4.79 Å². The molecule has 0 radical (unpaired) electrons. The molecule has 0 saturated carbocycles. The number of nitrogens with zero attached hydrogens (tertiary/aromatic N) is 1. The molecule has 7 heteroatoms. The minimum absolute atomic E-state index is 0.136. The number of carboxylic acid groups (broad SMARTS) is 1. The molecule has 2 aromatic heterocycles. The van der Waals surface area contributed by atoms with Crippen LogP contribution >= 0.6 is 11.3 Å². The fourth-order valence-electron chi connectivity index (χ4n) is 1.56. The number of carbonyl (C=O) groups excluding carboxylic acids is 1. The molecular formula is C12H12N2O4S. The van der Waals surface area contributed by atoms with E-state index in [0.717, 1.165) is 17.0 Å². The average molecular weight is 280 g/mol. The predicted molar refractivity (Wildman–Crippen MR) is 68.4 cm³/mol. The Kier molecular flexibility index (Phi) is 3.66. The van der Waals surface area contributed by atoms with Gasteiger partial charge in [-0.2, -0.15) is 0 Å². The van der Waals surface area contributed by atoms with Gasteiger partial charge in [-0.25, -0.2) is 9.78 Å². The number of hydrogen-bond acceptors (Lipinski definition) is 5. The maximum Gasteiger partial charge on any atom is 0.345 e. The molecule has 2 N–H and O–H groups in total. The van der Waals surface area contributed by atoms with E-state index in [1.165, 1.54) is 12.1 Å². The van der Waals surface area contributed by atoms with Gasteiger partial charge in [0.2, 0.25) is 0 Å². The predicted octanol–water partition coefficient (Wildman–Crippen LogP) is 1.98. The van der Waals surface area contributed by atoms with Crippen molar-refractivity contribution < 1.29 is 19.1 Å². The van der Waals surface area contributed by atoms with Crippen LogP contribution in [0.5, 0.6) is 0 Å². The number of aryl methyl sites for hydroxylation is 2. The molecule has 100 valence electrons. The Balaban J connectivity index is 2.01. The molecule has 2 heterocycles. The zero-order valence-corrected chi connectivity index (χ0v) is 11.2. The summed E-state index contributed by atoms with van der Waals surface area (Å²) in [7, 11) is 0. The van der Waals surface area contributed by atoms with E-state index >= 15 is 0 Å². The van der Waals surface area contributed by atoms with Gasteiger partial charge in [0.1, 0.15) is 10.6 Å². The fraction of sp³-hybridized carbons (Fsp3) is 0.250.